The highest BCUT2D eigenvalue weighted by Crippen LogP contribution is 2.29. The Morgan fingerprint density at radius 3 is 2.47 bits per heavy atom. The second kappa shape index (κ2) is 5.51. The van der Waals surface area contributed by atoms with Gasteiger partial charge >= 0.3 is 6.18 Å². The van der Waals surface area contributed by atoms with Crippen molar-refractivity contribution in [3.8, 4) is 0 Å². The summed E-state index contributed by atoms with van der Waals surface area (Å²) in [6.07, 6.45) is 2.52. The van der Waals surface area contributed by atoms with Crippen LogP contribution >= 0.6 is 0 Å². The molecule has 0 radical (unpaired) electrons. The van der Waals surface area contributed by atoms with E-state index < -0.39 is 12.2 Å². The van der Waals surface area contributed by atoms with Gasteiger partial charge in [0.2, 0.25) is 0 Å². The van der Waals surface area contributed by atoms with Crippen LogP contribution in [0, 0.1) is 0 Å². The number of allylic oxidation sites excluding steroid dienone is 1. The summed E-state index contributed by atoms with van der Waals surface area (Å²) in [6.45, 7) is 0. The van der Waals surface area contributed by atoms with Crippen molar-refractivity contribution >= 4 is 0 Å². The lowest BCUT2D eigenvalue weighted by Gasteiger charge is -2.23. The van der Waals surface area contributed by atoms with Gasteiger partial charge in [0.15, 0.2) is 0 Å². The van der Waals surface area contributed by atoms with Crippen molar-refractivity contribution in [3.63, 3.8) is 0 Å². The van der Waals surface area contributed by atoms with Crippen LogP contribution in [0.15, 0.2) is 11.6 Å². The summed E-state index contributed by atoms with van der Waals surface area (Å²) < 4.78 is 37.7. The SMILES string of the molecule is NNC(C1=CCCCCCC1)C(F)(F)F. The highest BCUT2D eigenvalue weighted by molar-refractivity contribution is 5.13. The lowest BCUT2D eigenvalue weighted by Crippen LogP contribution is -2.47. The minimum absolute atomic E-state index is 0.393. The molecule has 0 aromatic rings. The first-order valence-corrected chi connectivity index (χ1v) is 5.27. The van der Waals surface area contributed by atoms with Gasteiger partial charge in [0.1, 0.15) is 6.04 Å². The summed E-state index contributed by atoms with van der Waals surface area (Å²) in [5, 5.41) is 0. The van der Waals surface area contributed by atoms with Crippen LogP contribution < -0.4 is 11.3 Å². The Balaban J connectivity index is 2.72. The summed E-state index contributed by atoms with van der Waals surface area (Å²) >= 11 is 0. The predicted octanol–water partition coefficient (Wildman–Crippen LogP) is 2.66. The van der Waals surface area contributed by atoms with E-state index in [1.54, 1.807) is 6.08 Å². The molecule has 15 heavy (non-hydrogen) atoms. The standard InChI is InChI=1S/C10H17F3N2/c11-10(12,13)9(15-14)8-6-4-2-1-3-5-7-8/h6,9,15H,1-5,7,14H2. The molecule has 3 N–H and O–H groups in total. The van der Waals surface area contributed by atoms with E-state index in [4.69, 9.17) is 5.84 Å². The molecule has 1 rings (SSSR count). The molecule has 1 atom stereocenters. The Morgan fingerprint density at radius 1 is 1.20 bits per heavy atom. The summed E-state index contributed by atoms with van der Waals surface area (Å²) in [6, 6.07) is -1.67. The molecular weight excluding hydrogens is 205 g/mol. The second-order valence-electron chi connectivity index (χ2n) is 3.87. The molecular formula is C10H17F3N2. The van der Waals surface area contributed by atoms with Crippen molar-refractivity contribution < 1.29 is 13.2 Å². The van der Waals surface area contributed by atoms with Crippen LogP contribution in [0.1, 0.15) is 38.5 Å². The Labute approximate surface area is 87.7 Å². The van der Waals surface area contributed by atoms with Gasteiger partial charge in [-0.3, -0.25) is 5.84 Å². The van der Waals surface area contributed by atoms with E-state index in [0.29, 0.717) is 12.0 Å². The van der Waals surface area contributed by atoms with E-state index in [1.165, 1.54) is 0 Å². The molecule has 5 heteroatoms. The van der Waals surface area contributed by atoms with Crippen LogP contribution in [-0.4, -0.2) is 12.2 Å². The molecule has 1 unspecified atom stereocenters. The number of hydrogen-bond acceptors (Lipinski definition) is 2. The quantitative estimate of drug-likeness (QED) is 0.428. The second-order valence-corrected chi connectivity index (χ2v) is 3.87. The van der Waals surface area contributed by atoms with E-state index in [9.17, 15) is 13.2 Å². The van der Waals surface area contributed by atoms with Crippen LogP contribution in [-0.2, 0) is 0 Å². The van der Waals surface area contributed by atoms with Gasteiger partial charge in [-0.05, 0) is 31.3 Å². The smallest absolute Gasteiger partial charge is 0.271 e. The molecule has 88 valence electrons. The number of nitrogens with two attached hydrogens (primary N) is 1. The van der Waals surface area contributed by atoms with Crippen LogP contribution in [0.25, 0.3) is 0 Å². The van der Waals surface area contributed by atoms with Gasteiger partial charge in [-0.2, -0.15) is 13.2 Å². The molecule has 0 aromatic heterocycles. The molecule has 0 bridgehead atoms. The van der Waals surface area contributed by atoms with E-state index in [1.807, 2.05) is 5.43 Å². The van der Waals surface area contributed by atoms with Crippen molar-refractivity contribution in [1.29, 1.82) is 0 Å². The largest absolute Gasteiger partial charge is 0.408 e. The third-order valence-electron chi connectivity index (χ3n) is 2.69. The molecule has 0 aromatic carbocycles. The van der Waals surface area contributed by atoms with Crippen molar-refractivity contribution in [1.82, 2.24) is 5.43 Å². The summed E-state index contributed by atoms with van der Waals surface area (Å²) in [7, 11) is 0. The first kappa shape index (κ1) is 12.5. The Bertz CT molecular complexity index is 223. The molecule has 0 spiro atoms. The van der Waals surface area contributed by atoms with Gasteiger partial charge in [-0.25, -0.2) is 5.43 Å². The van der Waals surface area contributed by atoms with Gasteiger partial charge in [0.25, 0.3) is 0 Å². The zero-order valence-corrected chi connectivity index (χ0v) is 8.61. The molecule has 0 heterocycles. The Morgan fingerprint density at radius 2 is 1.87 bits per heavy atom. The molecule has 2 nitrogen and oxygen atoms in total. The van der Waals surface area contributed by atoms with Crippen LogP contribution in [0.2, 0.25) is 0 Å². The highest BCUT2D eigenvalue weighted by atomic mass is 19.4. The van der Waals surface area contributed by atoms with Crippen molar-refractivity contribution in [2.45, 2.75) is 50.7 Å². The normalized spacial score (nSPS) is 21.5. The average Bonchev–Trinajstić information content (AvgIpc) is 2.07. The van der Waals surface area contributed by atoms with Gasteiger partial charge in [0.05, 0.1) is 0 Å². The summed E-state index contributed by atoms with van der Waals surface area (Å²) in [5.41, 5.74) is 2.26. The highest BCUT2D eigenvalue weighted by Gasteiger charge is 2.40. The topological polar surface area (TPSA) is 38.0 Å². The minimum atomic E-state index is -4.29. The maximum Gasteiger partial charge on any atom is 0.408 e. The number of halogens is 3. The molecule has 0 fully saturated rings. The molecule has 1 aliphatic rings. The van der Waals surface area contributed by atoms with Gasteiger partial charge in [-0.1, -0.05) is 18.9 Å². The Hall–Kier alpha value is -0.550. The maximum atomic E-state index is 12.6. The van der Waals surface area contributed by atoms with Crippen molar-refractivity contribution in [3.05, 3.63) is 11.6 Å². The van der Waals surface area contributed by atoms with E-state index in [-0.39, 0.29) is 0 Å². The molecule has 0 saturated heterocycles. The number of alkyl halides is 3. The van der Waals surface area contributed by atoms with Gasteiger partial charge < -0.3 is 0 Å². The average molecular weight is 222 g/mol. The van der Waals surface area contributed by atoms with Crippen molar-refractivity contribution in [2.24, 2.45) is 5.84 Å². The number of rotatable bonds is 2. The fourth-order valence-corrected chi connectivity index (χ4v) is 1.89. The van der Waals surface area contributed by atoms with E-state index in [2.05, 4.69) is 0 Å². The fourth-order valence-electron chi connectivity index (χ4n) is 1.89. The first-order valence-electron chi connectivity index (χ1n) is 5.27. The number of hydrazine groups is 1. The van der Waals surface area contributed by atoms with E-state index >= 15 is 0 Å². The van der Waals surface area contributed by atoms with Gasteiger partial charge in [0, 0.05) is 0 Å². The lowest BCUT2D eigenvalue weighted by molar-refractivity contribution is -0.147. The third kappa shape index (κ3) is 3.83. The predicted molar refractivity (Wildman–Crippen MR) is 53.0 cm³/mol. The maximum absolute atomic E-state index is 12.6. The minimum Gasteiger partial charge on any atom is -0.271 e. The van der Waals surface area contributed by atoms with Crippen LogP contribution in [0.3, 0.4) is 0 Å². The monoisotopic (exact) mass is 222 g/mol. The molecule has 0 saturated carbocycles. The van der Waals surface area contributed by atoms with E-state index in [0.717, 1.165) is 32.1 Å². The summed E-state index contributed by atoms with van der Waals surface area (Å²) in [4.78, 5) is 0. The van der Waals surface area contributed by atoms with Crippen molar-refractivity contribution in [2.75, 3.05) is 0 Å². The van der Waals surface area contributed by atoms with Crippen LogP contribution in [0.4, 0.5) is 13.2 Å². The zero-order chi connectivity index (χ0) is 11.3. The van der Waals surface area contributed by atoms with Gasteiger partial charge in [-0.15, -0.1) is 0 Å². The number of hydrogen-bond donors (Lipinski definition) is 2. The zero-order valence-electron chi connectivity index (χ0n) is 8.61. The lowest BCUT2D eigenvalue weighted by atomic mass is 9.95. The number of nitrogens with one attached hydrogen (secondary N) is 1. The van der Waals surface area contributed by atoms with Crippen LogP contribution in [0.5, 0.6) is 0 Å². The summed E-state index contributed by atoms with van der Waals surface area (Å²) in [5.74, 6) is 4.97. The fraction of sp³-hybridized carbons (Fsp3) is 0.800. The third-order valence-corrected chi connectivity index (χ3v) is 2.69. The molecule has 1 aliphatic carbocycles. The molecule has 0 aliphatic heterocycles. The first-order chi connectivity index (χ1) is 7.05. The molecule has 0 amide bonds. The Kier molecular flexibility index (Phi) is 4.60.